The lowest BCUT2D eigenvalue weighted by molar-refractivity contribution is 0.0696. The van der Waals surface area contributed by atoms with Crippen molar-refractivity contribution in [3.8, 4) is 17.2 Å². The van der Waals surface area contributed by atoms with Gasteiger partial charge in [-0.25, -0.2) is 4.79 Å². The summed E-state index contributed by atoms with van der Waals surface area (Å²) in [6.45, 7) is 1.77. The first-order chi connectivity index (χ1) is 13.8. The molecule has 0 aliphatic heterocycles. The maximum Gasteiger partial charge on any atom is 0.335 e. The van der Waals surface area contributed by atoms with Crippen LogP contribution in [0.1, 0.15) is 31.8 Å². The first kappa shape index (κ1) is 20.4. The summed E-state index contributed by atoms with van der Waals surface area (Å²) in [5.41, 5.74) is 2.65. The molecule has 3 rings (SSSR count). The Bertz CT molecular complexity index is 1150. The zero-order valence-corrected chi connectivity index (χ0v) is 16.7. The summed E-state index contributed by atoms with van der Waals surface area (Å²) < 4.78 is 0. The Labute approximate surface area is 177 Å². The van der Waals surface area contributed by atoms with Gasteiger partial charge < -0.3 is 10.4 Å². The molecule has 0 saturated carbocycles. The second-order valence-corrected chi connectivity index (χ2v) is 7.05. The quantitative estimate of drug-likeness (QED) is 0.554. The van der Waals surface area contributed by atoms with Gasteiger partial charge in [0.2, 0.25) is 0 Å². The molecular formula is C22H14Cl2N2O3. The molecule has 3 aromatic carbocycles. The number of aryl methyl sites for hydroxylation is 1. The van der Waals surface area contributed by atoms with Gasteiger partial charge in [-0.2, -0.15) is 5.26 Å². The second kappa shape index (κ2) is 8.36. The van der Waals surface area contributed by atoms with Crippen LogP contribution in [-0.2, 0) is 0 Å². The highest BCUT2D eigenvalue weighted by Crippen LogP contribution is 2.33. The average molecular weight is 425 g/mol. The molecule has 0 bridgehead atoms. The minimum atomic E-state index is -1.21. The van der Waals surface area contributed by atoms with Gasteiger partial charge in [0.05, 0.1) is 32.4 Å². The number of carbonyl (C=O) groups is 2. The fourth-order valence-electron chi connectivity index (χ4n) is 2.93. The molecule has 0 spiro atoms. The van der Waals surface area contributed by atoms with E-state index in [2.05, 4.69) is 11.4 Å². The van der Waals surface area contributed by atoms with Gasteiger partial charge in [-0.05, 0) is 30.2 Å². The Kier molecular flexibility index (Phi) is 5.88. The smallest absolute Gasteiger partial charge is 0.335 e. The number of nitriles is 1. The van der Waals surface area contributed by atoms with Crippen LogP contribution in [-0.4, -0.2) is 17.0 Å². The third-order valence-corrected chi connectivity index (χ3v) is 4.96. The Morgan fingerprint density at radius 1 is 1.03 bits per heavy atom. The molecule has 144 valence electrons. The minimum Gasteiger partial charge on any atom is -0.478 e. The highest BCUT2D eigenvalue weighted by Gasteiger charge is 2.21. The fraction of sp³-hybridized carbons (Fsp3) is 0.0455. The SMILES string of the molecule is Cc1ccc(-c2ccccc2)c(C#N)c1NC(=O)c1c(Cl)cc(C(=O)O)cc1Cl. The molecule has 1 amide bonds. The highest BCUT2D eigenvalue weighted by atomic mass is 35.5. The molecule has 0 saturated heterocycles. The van der Waals surface area contributed by atoms with Crippen molar-refractivity contribution in [2.24, 2.45) is 0 Å². The van der Waals surface area contributed by atoms with Crippen molar-refractivity contribution < 1.29 is 14.7 Å². The van der Waals surface area contributed by atoms with Crippen molar-refractivity contribution in [3.05, 3.63) is 86.9 Å². The number of hydrogen-bond donors (Lipinski definition) is 2. The number of amides is 1. The summed E-state index contributed by atoms with van der Waals surface area (Å²) >= 11 is 12.2. The number of aromatic carboxylic acids is 1. The van der Waals surface area contributed by atoms with E-state index < -0.39 is 11.9 Å². The topological polar surface area (TPSA) is 90.2 Å². The number of carboxylic acids is 1. The first-order valence-corrected chi connectivity index (χ1v) is 9.22. The van der Waals surface area contributed by atoms with Crippen LogP contribution in [0.2, 0.25) is 10.0 Å². The van der Waals surface area contributed by atoms with Gasteiger partial charge in [-0.1, -0.05) is 65.7 Å². The van der Waals surface area contributed by atoms with Gasteiger partial charge in [0.25, 0.3) is 5.91 Å². The van der Waals surface area contributed by atoms with Crippen LogP contribution in [0.5, 0.6) is 0 Å². The third-order valence-electron chi connectivity index (χ3n) is 4.36. The molecule has 2 N–H and O–H groups in total. The molecule has 0 heterocycles. The van der Waals surface area contributed by atoms with Crippen molar-refractivity contribution in [2.75, 3.05) is 5.32 Å². The van der Waals surface area contributed by atoms with E-state index in [4.69, 9.17) is 28.3 Å². The molecule has 29 heavy (non-hydrogen) atoms. The van der Waals surface area contributed by atoms with Crippen LogP contribution in [0.15, 0.2) is 54.6 Å². The van der Waals surface area contributed by atoms with Crippen LogP contribution < -0.4 is 5.32 Å². The lowest BCUT2D eigenvalue weighted by Crippen LogP contribution is -2.16. The molecule has 0 radical (unpaired) electrons. The number of carboxylic acid groups (broad SMARTS) is 1. The molecule has 5 nitrogen and oxygen atoms in total. The number of rotatable bonds is 4. The Balaban J connectivity index is 2.06. The van der Waals surface area contributed by atoms with Gasteiger partial charge in [0, 0.05) is 5.56 Å². The van der Waals surface area contributed by atoms with Crippen LogP contribution in [0, 0.1) is 18.3 Å². The second-order valence-electron chi connectivity index (χ2n) is 6.23. The fourth-order valence-corrected chi connectivity index (χ4v) is 3.59. The first-order valence-electron chi connectivity index (χ1n) is 8.46. The van der Waals surface area contributed by atoms with E-state index in [0.717, 1.165) is 17.7 Å². The number of anilines is 1. The molecule has 0 atom stereocenters. The Morgan fingerprint density at radius 3 is 2.21 bits per heavy atom. The standard InChI is InChI=1S/C22H14Cl2N2O3/c1-12-7-8-15(13-5-3-2-4-6-13)16(11-25)20(12)26-21(27)19-17(23)9-14(22(28)29)10-18(19)24/h2-10H,1H3,(H,26,27)(H,28,29). The monoisotopic (exact) mass is 424 g/mol. The molecule has 3 aromatic rings. The van der Waals surface area contributed by atoms with Crippen molar-refractivity contribution in [3.63, 3.8) is 0 Å². The summed E-state index contributed by atoms with van der Waals surface area (Å²) in [6.07, 6.45) is 0. The summed E-state index contributed by atoms with van der Waals surface area (Å²) in [5.74, 6) is -1.85. The summed E-state index contributed by atoms with van der Waals surface area (Å²) in [7, 11) is 0. The van der Waals surface area contributed by atoms with Gasteiger partial charge >= 0.3 is 5.97 Å². The summed E-state index contributed by atoms with van der Waals surface area (Å²) in [6, 6.07) is 17.4. The van der Waals surface area contributed by atoms with E-state index in [-0.39, 0.29) is 21.2 Å². The number of benzene rings is 3. The molecule has 0 fully saturated rings. The van der Waals surface area contributed by atoms with Crippen LogP contribution in [0.4, 0.5) is 5.69 Å². The van der Waals surface area contributed by atoms with E-state index >= 15 is 0 Å². The lowest BCUT2D eigenvalue weighted by atomic mass is 9.96. The van der Waals surface area contributed by atoms with Crippen LogP contribution in [0.3, 0.4) is 0 Å². The van der Waals surface area contributed by atoms with Crippen molar-refractivity contribution >= 4 is 40.8 Å². The largest absolute Gasteiger partial charge is 0.478 e. The van der Waals surface area contributed by atoms with E-state index in [1.807, 2.05) is 36.4 Å². The van der Waals surface area contributed by atoms with E-state index in [9.17, 15) is 14.9 Å². The number of nitrogens with one attached hydrogen (secondary N) is 1. The summed E-state index contributed by atoms with van der Waals surface area (Å²) in [4.78, 5) is 24.0. The highest BCUT2D eigenvalue weighted by molar-refractivity contribution is 6.41. The van der Waals surface area contributed by atoms with Crippen molar-refractivity contribution in [1.82, 2.24) is 0 Å². The predicted octanol–water partition coefficient (Wildman–Crippen LogP) is 5.79. The van der Waals surface area contributed by atoms with Gasteiger partial charge in [-0.15, -0.1) is 0 Å². The molecule has 0 aliphatic carbocycles. The Morgan fingerprint density at radius 2 is 1.66 bits per heavy atom. The molecular weight excluding hydrogens is 411 g/mol. The molecule has 0 unspecified atom stereocenters. The zero-order chi connectivity index (χ0) is 21.1. The molecule has 0 aromatic heterocycles. The van der Waals surface area contributed by atoms with Gasteiger partial charge in [0.1, 0.15) is 6.07 Å². The number of nitrogens with zero attached hydrogens (tertiary/aromatic N) is 1. The van der Waals surface area contributed by atoms with Gasteiger partial charge in [0.15, 0.2) is 0 Å². The number of carbonyl (C=O) groups excluding carboxylic acids is 1. The maximum atomic E-state index is 12.9. The normalized spacial score (nSPS) is 10.3. The van der Waals surface area contributed by atoms with Crippen LogP contribution >= 0.6 is 23.2 Å². The third kappa shape index (κ3) is 4.09. The lowest BCUT2D eigenvalue weighted by Gasteiger charge is -2.15. The minimum absolute atomic E-state index is 0.0632. The van der Waals surface area contributed by atoms with Crippen molar-refractivity contribution in [2.45, 2.75) is 6.92 Å². The average Bonchev–Trinajstić information content (AvgIpc) is 2.69. The Hall–Kier alpha value is -3.33. The van der Waals surface area contributed by atoms with E-state index in [1.54, 1.807) is 13.0 Å². The number of hydrogen-bond acceptors (Lipinski definition) is 3. The van der Waals surface area contributed by atoms with Gasteiger partial charge in [-0.3, -0.25) is 4.79 Å². The molecule has 0 aliphatic rings. The molecule has 7 heteroatoms. The zero-order valence-electron chi connectivity index (χ0n) is 15.2. The maximum absolute atomic E-state index is 12.9. The van der Waals surface area contributed by atoms with Crippen molar-refractivity contribution in [1.29, 1.82) is 5.26 Å². The van der Waals surface area contributed by atoms with Crippen LogP contribution in [0.25, 0.3) is 11.1 Å². The van der Waals surface area contributed by atoms with E-state index in [0.29, 0.717) is 22.4 Å². The van der Waals surface area contributed by atoms with E-state index in [1.165, 1.54) is 0 Å². The number of halogens is 2. The summed E-state index contributed by atoms with van der Waals surface area (Å²) in [5, 5.41) is 21.4. The predicted molar refractivity (Wildman–Crippen MR) is 113 cm³/mol.